The maximum atomic E-state index is 11.9. The third kappa shape index (κ3) is 9.22. The number of hydrogen-bond donors (Lipinski definition) is 0. The summed E-state index contributed by atoms with van der Waals surface area (Å²) in [5.74, 6) is -1.05. The van der Waals surface area contributed by atoms with E-state index in [1.807, 2.05) is 0 Å². The van der Waals surface area contributed by atoms with Gasteiger partial charge in [-0.05, 0) is 24.3 Å². The van der Waals surface area contributed by atoms with Crippen LogP contribution >= 0.6 is 0 Å². The molecule has 0 radical (unpaired) electrons. The molecule has 0 bridgehead atoms. The molecule has 0 fully saturated rings. The predicted molar refractivity (Wildman–Crippen MR) is 95.5 cm³/mol. The van der Waals surface area contributed by atoms with Crippen molar-refractivity contribution in [2.45, 2.75) is 0 Å². The molecular weight excluding hydrogens is 356 g/mol. The lowest BCUT2D eigenvalue weighted by molar-refractivity contribution is 0.0126. The first-order valence-corrected chi connectivity index (χ1v) is 8.12. The molecule has 0 aliphatic carbocycles. The predicted octanol–water partition coefficient (Wildman–Crippen LogP) is 2.54. The first kappa shape index (κ1) is 21.9. The Kier molecular flexibility index (Phi) is 10.7. The van der Waals surface area contributed by atoms with Gasteiger partial charge < -0.3 is 23.7 Å². The summed E-state index contributed by atoms with van der Waals surface area (Å²) >= 11 is 0. The Labute approximate surface area is 157 Å². The molecule has 0 spiro atoms. The molecule has 0 N–H and O–H groups in total. The van der Waals surface area contributed by atoms with Gasteiger partial charge in [0, 0.05) is 0 Å². The summed E-state index contributed by atoms with van der Waals surface area (Å²) in [7, 11) is 0. The maximum Gasteiger partial charge on any atom is 0.508 e. The third-order valence-electron chi connectivity index (χ3n) is 2.92. The second-order valence-corrected chi connectivity index (χ2v) is 4.91. The Morgan fingerprint density at radius 3 is 1.74 bits per heavy atom. The number of hydrogen-bond acceptors (Lipinski definition) is 8. The van der Waals surface area contributed by atoms with Crippen LogP contribution in [0.3, 0.4) is 0 Å². The molecular formula is C19H22O8. The van der Waals surface area contributed by atoms with Crippen molar-refractivity contribution in [3.05, 3.63) is 60.7 Å². The van der Waals surface area contributed by atoms with Gasteiger partial charge in [0.15, 0.2) is 0 Å². The molecule has 0 saturated heterocycles. The summed E-state index contributed by atoms with van der Waals surface area (Å²) in [6.45, 7) is 7.38. The zero-order valence-electron chi connectivity index (χ0n) is 14.9. The highest BCUT2D eigenvalue weighted by Crippen LogP contribution is 2.07. The van der Waals surface area contributed by atoms with Gasteiger partial charge in [-0.15, -0.1) is 0 Å². The maximum absolute atomic E-state index is 11.9. The average Bonchev–Trinajstić information content (AvgIpc) is 2.69. The van der Waals surface area contributed by atoms with Crippen LogP contribution in [0, 0.1) is 0 Å². The van der Waals surface area contributed by atoms with E-state index in [2.05, 4.69) is 17.9 Å². The van der Waals surface area contributed by atoms with Crippen LogP contribution in [-0.2, 0) is 23.7 Å². The fourth-order valence-corrected chi connectivity index (χ4v) is 1.69. The fraction of sp³-hybridized carbons (Fsp3) is 0.316. The van der Waals surface area contributed by atoms with E-state index in [0.717, 1.165) is 0 Å². The highest BCUT2D eigenvalue weighted by Gasteiger charge is 2.10. The zero-order valence-corrected chi connectivity index (χ0v) is 14.9. The molecule has 1 aromatic rings. The lowest BCUT2D eigenvalue weighted by Crippen LogP contribution is -2.15. The van der Waals surface area contributed by atoms with E-state index in [1.54, 1.807) is 0 Å². The Morgan fingerprint density at radius 2 is 1.19 bits per heavy atom. The molecule has 0 saturated carbocycles. The Hall–Kier alpha value is -3.13. The molecule has 27 heavy (non-hydrogen) atoms. The first-order valence-electron chi connectivity index (χ1n) is 8.12. The first-order chi connectivity index (χ1) is 13.1. The number of rotatable bonds is 12. The van der Waals surface area contributed by atoms with Gasteiger partial charge in [-0.25, -0.2) is 14.4 Å². The summed E-state index contributed by atoms with van der Waals surface area (Å²) in [6.07, 6.45) is 2.09. The van der Waals surface area contributed by atoms with Gasteiger partial charge in [-0.1, -0.05) is 25.3 Å². The van der Waals surface area contributed by atoms with Crippen LogP contribution in [-0.4, -0.2) is 57.7 Å². The average molecular weight is 378 g/mol. The molecule has 0 aliphatic rings. The van der Waals surface area contributed by atoms with Crippen molar-refractivity contribution in [3.63, 3.8) is 0 Å². The normalized spacial score (nSPS) is 9.78. The lowest BCUT2D eigenvalue weighted by Gasteiger charge is -2.07. The van der Waals surface area contributed by atoms with E-state index in [0.29, 0.717) is 11.1 Å². The second-order valence-electron chi connectivity index (χ2n) is 4.91. The van der Waals surface area contributed by atoms with Gasteiger partial charge in [0.05, 0.1) is 24.3 Å². The Morgan fingerprint density at radius 1 is 0.704 bits per heavy atom. The highest BCUT2D eigenvalue weighted by atomic mass is 16.7. The molecule has 1 aromatic carbocycles. The Bertz CT molecular complexity index is 636. The van der Waals surface area contributed by atoms with Gasteiger partial charge >= 0.3 is 18.1 Å². The summed E-state index contributed by atoms with van der Waals surface area (Å²) in [6, 6.07) is 5.88. The van der Waals surface area contributed by atoms with Crippen molar-refractivity contribution >= 4 is 18.1 Å². The van der Waals surface area contributed by atoms with Gasteiger partial charge in [-0.2, -0.15) is 0 Å². The van der Waals surface area contributed by atoms with Crippen LogP contribution in [0.25, 0.3) is 0 Å². The quantitative estimate of drug-likeness (QED) is 0.237. The van der Waals surface area contributed by atoms with Crippen molar-refractivity contribution in [1.82, 2.24) is 0 Å². The number of carbonyl (C=O) groups is 3. The molecule has 146 valence electrons. The highest BCUT2D eigenvalue weighted by molar-refractivity contribution is 5.93. The van der Waals surface area contributed by atoms with Crippen LogP contribution in [0.1, 0.15) is 20.7 Å². The van der Waals surface area contributed by atoms with Crippen LogP contribution in [0.2, 0.25) is 0 Å². The van der Waals surface area contributed by atoms with Crippen LogP contribution in [0.5, 0.6) is 0 Å². The topological polar surface area (TPSA) is 97.4 Å². The third-order valence-corrected chi connectivity index (χ3v) is 2.92. The van der Waals surface area contributed by atoms with E-state index < -0.39 is 18.1 Å². The smallest absolute Gasteiger partial charge is 0.460 e. The number of carbonyl (C=O) groups excluding carboxylic acids is 3. The molecule has 0 aromatic heterocycles. The van der Waals surface area contributed by atoms with Crippen molar-refractivity contribution in [1.29, 1.82) is 0 Å². The minimum absolute atomic E-state index is 0.0212. The number of esters is 2. The van der Waals surface area contributed by atoms with E-state index in [-0.39, 0.29) is 39.6 Å². The number of benzene rings is 1. The van der Waals surface area contributed by atoms with Gasteiger partial charge in [0.25, 0.3) is 0 Å². The lowest BCUT2D eigenvalue weighted by atomic mass is 10.1. The zero-order chi connectivity index (χ0) is 19.9. The van der Waals surface area contributed by atoms with Gasteiger partial charge in [-0.3, -0.25) is 0 Å². The molecule has 8 heteroatoms. The van der Waals surface area contributed by atoms with Crippen LogP contribution < -0.4 is 0 Å². The summed E-state index contributed by atoms with van der Waals surface area (Å²) < 4.78 is 24.4. The van der Waals surface area contributed by atoms with Crippen LogP contribution in [0.15, 0.2) is 49.6 Å². The molecule has 0 aliphatic heterocycles. The van der Waals surface area contributed by atoms with Crippen molar-refractivity contribution in [2.75, 3.05) is 39.6 Å². The van der Waals surface area contributed by atoms with Gasteiger partial charge in [0.2, 0.25) is 0 Å². The monoisotopic (exact) mass is 378 g/mol. The molecule has 0 atom stereocenters. The van der Waals surface area contributed by atoms with E-state index in [4.69, 9.17) is 18.9 Å². The van der Waals surface area contributed by atoms with E-state index >= 15 is 0 Å². The summed E-state index contributed by atoms with van der Waals surface area (Å²) in [4.78, 5) is 34.5. The number of ether oxygens (including phenoxy) is 5. The molecule has 0 heterocycles. The molecule has 1 rings (SSSR count). The second kappa shape index (κ2) is 13.1. The minimum Gasteiger partial charge on any atom is -0.460 e. The van der Waals surface area contributed by atoms with Crippen molar-refractivity contribution in [3.8, 4) is 0 Å². The van der Waals surface area contributed by atoms with Gasteiger partial charge in [0.1, 0.15) is 26.4 Å². The molecule has 0 unspecified atom stereocenters. The minimum atomic E-state index is -0.804. The fourth-order valence-electron chi connectivity index (χ4n) is 1.69. The van der Waals surface area contributed by atoms with Crippen LogP contribution in [0.4, 0.5) is 4.79 Å². The largest absolute Gasteiger partial charge is 0.508 e. The summed E-state index contributed by atoms with van der Waals surface area (Å²) in [5.41, 5.74) is 0.618. The molecule has 8 nitrogen and oxygen atoms in total. The SMILES string of the molecule is C=CCOC(=O)OCCOCCOC(=O)c1ccc(C(=O)OCC=C)cc1. The Balaban J connectivity index is 2.19. The van der Waals surface area contributed by atoms with Crippen molar-refractivity contribution in [2.24, 2.45) is 0 Å². The van der Waals surface area contributed by atoms with E-state index in [1.165, 1.54) is 36.4 Å². The standard InChI is InChI=1S/C19H22O8/c1-3-9-24-17(20)15-5-7-16(8-6-15)18(21)25-13-11-23-12-14-27-19(22)26-10-4-2/h3-8H,1-2,9-14H2. The molecule has 0 amide bonds. The summed E-state index contributed by atoms with van der Waals surface area (Å²) in [5, 5.41) is 0. The van der Waals surface area contributed by atoms with E-state index in [9.17, 15) is 14.4 Å². The van der Waals surface area contributed by atoms with Crippen molar-refractivity contribution < 1.29 is 38.1 Å².